The highest BCUT2D eigenvalue weighted by Gasteiger charge is 2.15. The second-order valence-corrected chi connectivity index (χ2v) is 8.30. The fourth-order valence-corrected chi connectivity index (χ4v) is 3.46. The average Bonchev–Trinajstić information content (AvgIpc) is 2.52. The van der Waals surface area contributed by atoms with E-state index in [-0.39, 0.29) is 11.3 Å². The number of terminal acetylenes is 1. The first-order chi connectivity index (χ1) is 11.4. The minimum Gasteiger partial charge on any atom is -0.211 e. The molecule has 0 unspecified atom stereocenters. The molecule has 0 fully saturated rings. The van der Waals surface area contributed by atoms with E-state index >= 15 is 0 Å². The zero-order valence-corrected chi connectivity index (χ0v) is 16.6. The van der Waals surface area contributed by atoms with Gasteiger partial charge in [0.1, 0.15) is 0 Å². The lowest BCUT2D eigenvalue weighted by molar-refractivity contribution is 0.555. The lowest BCUT2D eigenvalue weighted by atomic mass is 10.1. The van der Waals surface area contributed by atoms with E-state index in [0.717, 1.165) is 18.4 Å². The molecule has 0 aliphatic rings. The number of sulfonamides is 1. The minimum atomic E-state index is -3.46. The van der Waals surface area contributed by atoms with Gasteiger partial charge in [0.05, 0.1) is 4.91 Å². The molecule has 0 spiro atoms. The number of allylic oxidation sites excluding steroid dienone is 4. The summed E-state index contributed by atoms with van der Waals surface area (Å²) in [5.74, 6) is 2.42. The summed E-state index contributed by atoms with van der Waals surface area (Å²) in [4.78, 5) is 0.266. The van der Waals surface area contributed by atoms with Crippen molar-refractivity contribution in [3.63, 3.8) is 0 Å². The van der Waals surface area contributed by atoms with Crippen LogP contribution in [0.5, 0.6) is 0 Å². The van der Waals surface area contributed by atoms with Crippen LogP contribution in [0.15, 0.2) is 22.6 Å². The van der Waals surface area contributed by atoms with Crippen LogP contribution in [-0.4, -0.2) is 15.0 Å². The summed E-state index contributed by atoms with van der Waals surface area (Å²) in [7, 11) is -3.46. The molecule has 0 heterocycles. The lowest BCUT2D eigenvalue weighted by Crippen LogP contribution is -2.26. The monoisotopic (exact) mass is 353 g/mol. The van der Waals surface area contributed by atoms with Crippen LogP contribution in [-0.2, 0) is 10.0 Å². The van der Waals surface area contributed by atoms with Crippen LogP contribution in [0.4, 0.5) is 0 Å². The van der Waals surface area contributed by atoms with Gasteiger partial charge < -0.3 is 0 Å². The highest BCUT2D eigenvalue weighted by atomic mass is 32.2. The molecule has 0 aliphatic carbocycles. The largest absolute Gasteiger partial charge is 0.237 e. The Bertz CT molecular complexity index is 520. The summed E-state index contributed by atoms with van der Waals surface area (Å²) in [5.41, 5.74) is 1.04. The van der Waals surface area contributed by atoms with Crippen LogP contribution in [0.1, 0.15) is 85.0 Å². The standard InChI is InChI=1S/C20H35NO2S/c1-5-7-8-9-10-11-12-13-14-18-21-24(22,23)20(15-6-2)17-16-19(3)4/h2,16-17,21H,5,7-15,18H2,1,3-4H3. The molecule has 3 nitrogen and oxygen atoms in total. The predicted octanol–water partition coefficient (Wildman–Crippen LogP) is 5.31. The molecule has 0 radical (unpaired) electrons. The Labute approximate surface area is 150 Å². The van der Waals surface area contributed by atoms with Gasteiger partial charge in [-0.3, -0.25) is 0 Å². The first-order valence-electron chi connectivity index (χ1n) is 9.21. The third-order valence-electron chi connectivity index (χ3n) is 3.80. The topological polar surface area (TPSA) is 46.2 Å². The normalized spacial score (nSPS) is 12.0. The fraction of sp³-hybridized carbons (Fsp3) is 0.700. The molecule has 0 rings (SSSR count). The summed E-state index contributed by atoms with van der Waals surface area (Å²) >= 11 is 0. The molecular weight excluding hydrogens is 318 g/mol. The second-order valence-electron chi connectivity index (χ2n) is 6.48. The molecular formula is C20H35NO2S. The average molecular weight is 354 g/mol. The predicted molar refractivity (Wildman–Crippen MR) is 105 cm³/mol. The van der Waals surface area contributed by atoms with Crippen molar-refractivity contribution in [2.75, 3.05) is 6.54 Å². The molecule has 0 aromatic carbocycles. The summed E-state index contributed by atoms with van der Waals surface area (Å²) in [5, 5.41) is 0. The summed E-state index contributed by atoms with van der Waals surface area (Å²) in [6.45, 7) is 6.55. The Morgan fingerprint density at radius 2 is 1.50 bits per heavy atom. The van der Waals surface area contributed by atoms with Crippen LogP contribution >= 0.6 is 0 Å². The molecule has 0 saturated carbocycles. The van der Waals surface area contributed by atoms with Gasteiger partial charge in [0, 0.05) is 13.0 Å². The minimum absolute atomic E-state index is 0.122. The smallest absolute Gasteiger partial charge is 0.211 e. The molecule has 0 saturated heterocycles. The summed E-state index contributed by atoms with van der Waals surface area (Å²) in [6, 6.07) is 0. The maximum Gasteiger partial charge on any atom is 0.237 e. The van der Waals surface area contributed by atoms with Gasteiger partial charge >= 0.3 is 0 Å². The van der Waals surface area contributed by atoms with Crippen molar-refractivity contribution in [2.45, 2.75) is 85.0 Å². The van der Waals surface area contributed by atoms with E-state index < -0.39 is 10.0 Å². The Morgan fingerprint density at radius 3 is 2.00 bits per heavy atom. The number of rotatable bonds is 14. The molecule has 0 aromatic rings. The summed E-state index contributed by atoms with van der Waals surface area (Å²) in [6.07, 6.45) is 19.7. The Kier molecular flexibility index (Phi) is 13.7. The van der Waals surface area contributed by atoms with Gasteiger partial charge in [-0.15, -0.1) is 12.3 Å². The van der Waals surface area contributed by atoms with Crippen LogP contribution < -0.4 is 4.72 Å². The van der Waals surface area contributed by atoms with E-state index in [0.29, 0.717) is 6.54 Å². The maximum atomic E-state index is 12.3. The van der Waals surface area contributed by atoms with Gasteiger partial charge in [-0.1, -0.05) is 69.9 Å². The zero-order chi connectivity index (χ0) is 18.3. The fourth-order valence-electron chi connectivity index (χ4n) is 2.34. The Balaban J connectivity index is 4.04. The molecule has 0 amide bonds. The van der Waals surface area contributed by atoms with Gasteiger partial charge in [0.25, 0.3) is 0 Å². The van der Waals surface area contributed by atoms with Crippen molar-refractivity contribution >= 4 is 10.0 Å². The van der Waals surface area contributed by atoms with Crippen LogP contribution in [0, 0.1) is 12.3 Å². The quantitative estimate of drug-likeness (QED) is 0.261. The highest BCUT2D eigenvalue weighted by Crippen LogP contribution is 2.12. The maximum absolute atomic E-state index is 12.3. The number of hydrogen-bond donors (Lipinski definition) is 1. The van der Waals surface area contributed by atoms with E-state index in [1.54, 1.807) is 12.2 Å². The zero-order valence-electron chi connectivity index (χ0n) is 15.7. The van der Waals surface area contributed by atoms with E-state index in [1.165, 1.54) is 44.9 Å². The molecule has 24 heavy (non-hydrogen) atoms. The molecule has 4 heteroatoms. The third-order valence-corrected chi connectivity index (χ3v) is 5.35. The molecule has 0 bridgehead atoms. The van der Waals surface area contributed by atoms with Crippen molar-refractivity contribution in [3.05, 3.63) is 22.6 Å². The SMILES string of the molecule is C#CCC(=CC=C(C)C)S(=O)(=O)NCCCCCCCCCCC. The van der Waals surface area contributed by atoms with Crippen molar-refractivity contribution < 1.29 is 8.42 Å². The first-order valence-corrected chi connectivity index (χ1v) is 10.7. The first kappa shape index (κ1) is 22.9. The second kappa shape index (κ2) is 14.3. The van der Waals surface area contributed by atoms with Gasteiger partial charge in [-0.25, -0.2) is 13.1 Å². The van der Waals surface area contributed by atoms with Crippen molar-refractivity contribution in [1.82, 2.24) is 4.72 Å². The Morgan fingerprint density at radius 1 is 0.958 bits per heavy atom. The summed E-state index contributed by atoms with van der Waals surface area (Å²) < 4.78 is 27.2. The van der Waals surface area contributed by atoms with Gasteiger partial charge in [0.15, 0.2) is 0 Å². The van der Waals surface area contributed by atoms with Crippen LogP contribution in [0.2, 0.25) is 0 Å². The molecule has 138 valence electrons. The van der Waals surface area contributed by atoms with E-state index in [9.17, 15) is 8.42 Å². The van der Waals surface area contributed by atoms with Crippen LogP contribution in [0.3, 0.4) is 0 Å². The Hall–Kier alpha value is -1.05. The van der Waals surface area contributed by atoms with Gasteiger partial charge in [-0.05, 0) is 26.3 Å². The number of nitrogens with one attached hydrogen (secondary N) is 1. The van der Waals surface area contributed by atoms with Gasteiger partial charge in [0.2, 0.25) is 10.0 Å². The van der Waals surface area contributed by atoms with Gasteiger partial charge in [-0.2, -0.15) is 0 Å². The van der Waals surface area contributed by atoms with E-state index in [2.05, 4.69) is 17.6 Å². The third kappa shape index (κ3) is 12.4. The van der Waals surface area contributed by atoms with Crippen molar-refractivity contribution in [1.29, 1.82) is 0 Å². The number of hydrogen-bond acceptors (Lipinski definition) is 2. The molecule has 0 atom stereocenters. The van der Waals surface area contributed by atoms with Crippen LogP contribution in [0.25, 0.3) is 0 Å². The molecule has 0 aliphatic heterocycles. The number of unbranched alkanes of at least 4 members (excludes halogenated alkanes) is 8. The lowest BCUT2D eigenvalue weighted by Gasteiger charge is -2.08. The van der Waals surface area contributed by atoms with Crippen molar-refractivity contribution in [2.24, 2.45) is 0 Å². The molecule has 1 N–H and O–H groups in total. The molecule has 0 aromatic heterocycles. The highest BCUT2D eigenvalue weighted by molar-refractivity contribution is 7.93. The van der Waals surface area contributed by atoms with Crippen molar-refractivity contribution in [3.8, 4) is 12.3 Å². The van der Waals surface area contributed by atoms with E-state index in [4.69, 9.17) is 6.42 Å². The van der Waals surface area contributed by atoms with E-state index in [1.807, 2.05) is 13.8 Å².